The Labute approximate surface area is 206 Å². The van der Waals surface area contributed by atoms with Gasteiger partial charge >= 0.3 is 0 Å². The summed E-state index contributed by atoms with van der Waals surface area (Å²) in [6.07, 6.45) is 11.7. The monoisotopic (exact) mass is 475 g/mol. The van der Waals surface area contributed by atoms with Crippen LogP contribution < -0.4 is 5.32 Å². The quantitative estimate of drug-likeness (QED) is 0.474. The number of carbonyl (C=O) groups excluding carboxylic acids is 1. The first-order chi connectivity index (χ1) is 16.1. The zero-order valence-corrected chi connectivity index (χ0v) is 21.7. The standard InChI is InChI=1S/C29H49NO4/c1-17(8-11-26(34)30-19-6-4-5-7-19)21-9-10-22-27-23(16-25(33)29(21,22)3)28(2)13-12-20(31)14-18(28)15-24(27)32/h17-25,27,31-33H,4-16H2,1-3H3,(H,30,34)/t17-,18+,20-,21-,22+,23+,24-,25+,27+,28+,29-/m1/s1. The van der Waals surface area contributed by atoms with E-state index in [9.17, 15) is 20.1 Å². The second-order valence-corrected chi connectivity index (χ2v) is 13.6. The molecule has 5 rings (SSSR count). The molecular formula is C29H49NO4. The van der Waals surface area contributed by atoms with E-state index >= 15 is 0 Å². The highest BCUT2D eigenvalue weighted by molar-refractivity contribution is 5.76. The molecule has 0 aliphatic heterocycles. The summed E-state index contributed by atoms with van der Waals surface area (Å²) < 4.78 is 0. The van der Waals surface area contributed by atoms with Crippen LogP contribution in [0.5, 0.6) is 0 Å². The van der Waals surface area contributed by atoms with Gasteiger partial charge in [-0.1, -0.05) is 33.6 Å². The zero-order chi connectivity index (χ0) is 24.3. The van der Waals surface area contributed by atoms with Crippen LogP contribution in [0, 0.1) is 46.3 Å². The molecule has 0 aromatic heterocycles. The summed E-state index contributed by atoms with van der Waals surface area (Å²) in [5.41, 5.74) is -0.0612. The van der Waals surface area contributed by atoms with E-state index in [1.54, 1.807) is 0 Å². The SMILES string of the molecule is C[C@H](CCC(=O)NC1CCCC1)[C@H]1CC[C@H]2[C@@H]3[C@H](O)C[C@@H]4C[C@H](O)CC[C@]4(C)[C@H]3C[C@H](O)[C@]12C. The molecule has 0 aromatic carbocycles. The molecule has 11 atom stereocenters. The van der Waals surface area contributed by atoms with Crippen molar-refractivity contribution in [2.45, 2.75) is 129 Å². The molecule has 5 saturated carbocycles. The molecule has 5 heteroatoms. The van der Waals surface area contributed by atoms with Gasteiger partial charge in [0, 0.05) is 12.5 Å². The zero-order valence-electron chi connectivity index (χ0n) is 21.7. The lowest BCUT2D eigenvalue weighted by atomic mass is 9.43. The van der Waals surface area contributed by atoms with Gasteiger partial charge in [-0.15, -0.1) is 0 Å². The normalized spacial score (nSPS) is 49.7. The fraction of sp³-hybridized carbons (Fsp3) is 0.966. The smallest absolute Gasteiger partial charge is 0.220 e. The maximum Gasteiger partial charge on any atom is 0.220 e. The molecule has 0 heterocycles. The van der Waals surface area contributed by atoms with Gasteiger partial charge in [-0.2, -0.15) is 0 Å². The van der Waals surface area contributed by atoms with Gasteiger partial charge in [-0.25, -0.2) is 0 Å². The lowest BCUT2D eigenvalue weighted by molar-refractivity contribution is -0.207. The predicted octanol–water partition coefficient (Wildman–Crippen LogP) is 4.42. The number of hydrogen-bond acceptors (Lipinski definition) is 4. The van der Waals surface area contributed by atoms with Gasteiger partial charge in [0.25, 0.3) is 0 Å². The highest BCUT2D eigenvalue weighted by Gasteiger charge is 2.65. The fourth-order valence-electron chi connectivity index (χ4n) is 10.1. The van der Waals surface area contributed by atoms with Crippen LogP contribution in [0.1, 0.15) is 104 Å². The molecule has 34 heavy (non-hydrogen) atoms. The molecule has 5 nitrogen and oxygen atoms in total. The maximum absolute atomic E-state index is 12.6. The van der Waals surface area contributed by atoms with Crippen molar-refractivity contribution in [3.63, 3.8) is 0 Å². The number of aliphatic hydroxyl groups excluding tert-OH is 3. The Morgan fingerprint density at radius 1 is 0.971 bits per heavy atom. The Balaban J connectivity index is 1.28. The molecule has 4 N–H and O–H groups in total. The summed E-state index contributed by atoms with van der Waals surface area (Å²) in [6.45, 7) is 6.98. The third-order valence-electron chi connectivity index (χ3n) is 12.1. The molecular weight excluding hydrogens is 426 g/mol. The summed E-state index contributed by atoms with van der Waals surface area (Å²) in [7, 11) is 0. The second-order valence-electron chi connectivity index (χ2n) is 13.6. The molecule has 1 amide bonds. The highest BCUT2D eigenvalue weighted by Crippen LogP contribution is 2.68. The fourth-order valence-corrected chi connectivity index (χ4v) is 10.1. The Bertz CT molecular complexity index is 752. The van der Waals surface area contributed by atoms with Gasteiger partial charge in [0.15, 0.2) is 0 Å². The number of amides is 1. The van der Waals surface area contributed by atoms with Crippen molar-refractivity contribution in [2.75, 3.05) is 0 Å². The van der Waals surface area contributed by atoms with E-state index in [4.69, 9.17) is 0 Å². The number of fused-ring (bicyclic) bond motifs is 5. The van der Waals surface area contributed by atoms with E-state index in [0.29, 0.717) is 42.1 Å². The van der Waals surface area contributed by atoms with Crippen molar-refractivity contribution in [1.82, 2.24) is 5.32 Å². The molecule has 194 valence electrons. The van der Waals surface area contributed by atoms with Gasteiger partial charge < -0.3 is 20.6 Å². The number of nitrogens with one attached hydrogen (secondary N) is 1. The van der Waals surface area contributed by atoms with E-state index < -0.39 is 0 Å². The summed E-state index contributed by atoms with van der Waals surface area (Å²) in [4.78, 5) is 12.6. The largest absolute Gasteiger partial charge is 0.393 e. The third kappa shape index (κ3) is 4.06. The lowest BCUT2D eigenvalue weighted by Crippen LogP contribution is -2.62. The lowest BCUT2D eigenvalue weighted by Gasteiger charge is -2.63. The number of aliphatic hydroxyl groups is 3. The molecule has 0 bridgehead atoms. The van der Waals surface area contributed by atoms with Gasteiger partial charge in [-0.3, -0.25) is 4.79 Å². The summed E-state index contributed by atoms with van der Waals surface area (Å²) in [5, 5.41) is 36.6. The summed E-state index contributed by atoms with van der Waals surface area (Å²) in [6, 6.07) is 0.382. The molecule has 5 aliphatic rings. The maximum atomic E-state index is 12.6. The third-order valence-corrected chi connectivity index (χ3v) is 12.1. The van der Waals surface area contributed by atoms with Crippen molar-refractivity contribution in [1.29, 1.82) is 0 Å². The molecule has 0 radical (unpaired) electrons. The van der Waals surface area contributed by atoms with Crippen LogP contribution in [0.3, 0.4) is 0 Å². The van der Waals surface area contributed by atoms with Gasteiger partial charge in [0.05, 0.1) is 18.3 Å². The van der Waals surface area contributed by atoms with E-state index in [-0.39, 0.29) is 41.0 Å². The molecule has 0 unspecified atom stereocenters. The first-order valence-electron chi connectivity index (χ1n) is 14.5. The molecule has 5 fully saturated rings. The van der Waals surface area contributed by atoms with Crippen molar-refractivity contribution in [3.8, 4) is 0 Å². The van der Waals surface area contributed by atoms with Crippen molar-refractivity contribution < 1.29 is 20.1 Å². The Hall–Kier alpha value is -0.650. The van der Waals surface area contributed by atoms with Crippen molar-refractivity contribution >= 4 is 5.91 Å². The summed E-state index contributed by atoms with van der Waals surface area (Å²) in [5.74, 6) is 2.30. The Morgan fingerprint density at radius 3 is 2.44 bits per heavy atom. The number of hydrogen-bond donors (Lipinski definition) is 4. The van der Waals surface area contributed by atoms with E-state index in [1.165, 1.54) is 12.8 Å². The average Bonchev–Trinajstić information content (AvgIpc) is 3.42. The van der Waals surface area contributed by atoms with Crippen molar-refractivity contribution in [2.24, 2.45) is 46.3 Å². The van der Waals surface area contributed by atoms with Gasteiger partial charge in [-0.05, 0) is 111 Å². The minimum Gasteiger partial charge on any atom is -0.393 e. The van der Waals surface area contributed by atoms with Crippen LogP contribution in [0.2, 0.25) is 0 Å². The minimum absolute atomic E-state index is 0.119. The molecule has 0 spiro atoms. The van der Waals surface area contributed by atoms with Gasteiger partial charge in [0.1, 0.15) is 0 Å². The predicted molar refractivity (Wildman–Crippen MR) is 133 cm³/mol. The number of carbonyl (C=O) groups is 1. The Morgan fingerprint density at radius 2 is 1.71 bits per heavy atom. The summed E-state index contributed by atoms with van der Waals surface area (Å²) >= 11 is 0. The van der Waals surface area contributed by atoms with E-state index in [0.717, 1.165) is 64.2 Å². The Kier molecular flexibility index (Phi) is 6.87. The van der Waals surface area contributed by atoms with Crippen LogP contribution >= 0.6 is 0 Å². The number of rotatable bonds is 5. The minimum atomic E-state index is -0.351. The van der Waals surface area contributed by atoms with Crippen molar-refractivity contribution in [3.05, 3.63) is 0 Å². The van der Waals surface area contributed by atoms with Crippen LogP contribution in [0.15, 0.2) is 0 Å². The van der Waals surface area contributed by atoms with E-state index in [2.05, 4.69) is 26.1 Å². The van der Waals surface area contributed by atoms with Crippen LogP contribution in [-0.4, -0.2) is 45.6 Å². The molecule has 0 saturated heterocycles. The van der Waals surface area contributed by atoms with Crippen LogP contribution in [0.4, 0.5) is 0 Å². The second kappa shape index (κ2) is 9.34. The highest BCUT2D eigenvalue weighted by atomic mass is 16.3. The van der Waals surface area contributed by atoms with Gasteiger partial charge in [0.2, 0.25) is 5.91 Å². The first-order valence-corrected chi connectivity index (χ1v) is 14.5. The van der Waals surface area contributed by atoms with Crippen LogP contribution in [-0.2, 0) is 4.79 Å². The molecule has 5 aliphatic carbocycles. The first kappa shape index (κ1) is 25.0. The van der Waals surface area contributed by atoms with Crippen LogP contribution in [0.25, 0.3) is 0 Å². The molecule has 0 aromatic rings. The topological polar surface area (TPSA) is 89.8 Å². The average molecular weight is 476 g/mol. The van der Waals surface area contributed by atoms with E-state index in [1.807, 2.05) is 0 Å².